The molecular weight excluding hydrogens is 406 g/mol. The van der Waals surface area contributed by atoms with Gasteiger partial charge in [0, 0.05) is 38.3 Å². The number of ether oxygens (including phenoxy) is 2. The van der Waals surface area contributed by atoms with Gasteiger partial charge in [-0.2, -0.15) is 0 Å². The zero-order chi connectivity index (χ0) is 22.1. The first-order chi connectivity index (χ1) is 15.6. The lowest BCUT2D eigenvalue weighted by Gasteiger charge is -2.25. The van der Waals surface area contributed by atoms with E-state index in [1.807, 2.05) is 41.0 Å². The fourth-order valence-corrected chi connectivity index (χ4v) is 4.81. The van der Waals surface area contributed by atoms with E-state index in [4.69, 9.17) is 9.47 Å². The molecule has 1 amide bonds. The van der Waals surface area contributed by atoms with Gasteiger partial charge in [-0.05, 0) is 53.8 Å². The molecule has 0 aliphatic carbocycles. The smallest absolute Gasteiger partial charge is 0.293 e. The number of anilines is 1. The molecule has 1 saturated heterocycles. The van der Waals surface area contributed by atoms with Crippen LogP contribution in [0.4, 0.5) is 5.69 Å². The molecule has 8 heteroatoms. The van der Waals surface area contributed by atoms with Crippen LogP contribution in [0.1, 0.15) is 22.0 Å². The largest absolute Gasteiger partial charge is 0.497 e. The average Bonchev–Trinajstić information content (AvgIpc) is 3.40. The molecule has 2 aliphatic rings. The second kappa shape index (κ2) is 8.63. The number of benzene rings is 2. The minimum atomic E-state index is -0.237. The Balaban J connectivity index is 1.25. The molecule has 2 aliphatic heterocycles. The summed E-state index contributed by atoms with van der Waals surface area (Å²) in [6.07, 6.45) is 0.849. The molecule has 0 bridgehead atoms. The fraction of sp³-hybridized carbons (Fsp3) is 0.375. The van der Waals surface area contributed by atoms with Crippen molar-refractivity contribution >= 4 is 11.6 Å². The van der Waals surface area contributed by atoms with Crippen LogP contribution in [-0.4, -0.2) is 52.9 Å². The van der Waals surface area contributed by atoms with Gasteiger partial charge in [0.05, 0.1) is 14.2 Å². The Labute approximate surface area is 187 Å². The number of likely N-dealkylation sites (tertiary alicyclic amines) is 1. The third kappa shape index (κ3) is 4.05. The molecule has 3 heterocycles. The van der Waals surface area contributed by atoms with Crippen LogP contribution in [0.25, 0.3) is 0 Å². The first kappa shape index (κ1) is 20.5. The molecule has 32 heavy (non-hydrogen) atoms. The van der Waals surface area contributed by atoms with Crippen LogP contribution in [-0.2, 0) is 19.5 Å². The highest BCUT2D eigenvalue weighted by Gasteiger charge is 2.39. The van der Waals surface area contributed by atoms with Crippen molar-refractivity contribution in [1.82, 2.24) is 19.7 Å². The van der Waals surface area contributed by atoms with Crippen molar-refractivity contribution in [3.05, 3.63) is 65.7 Å². The van der Waals surface area contributed by atoms with E-state index in [0.29, 0.717) is 23.3 Å². The van der Waals surface area contributed by atoms with E-state index in [-0.39, 0.29) is 5.91 Å². The van der Waals surface area contributed by atoms with Crippen LogP contribution in [0.3, 0.4) is 0 Å². The van der Waals surface area contributed by atoms with E-state index in [9.17, 15) is 4.79 Å². The number of amides is 1. The summed E-state index contributed by atoms with van der Waals surface area (Å²) >= 11 is 0. The van der Waals surface area contributed by atoms with E-state index >= 15 is 0 Å². The van der Waals surface area contributed by atoms with E-state index in [0.717, 1.165) is 49.9 Å². The van der Waals surface area contributed by atoms with Crippen LogP contribution in [0, 0.1) is 11.8 Å². The van der Waals surface area contributed by atoms with Gasteiger partial charge in [0.15, 0.2) is 0 Å². The van der Waals surface area contributed by atoms with Gasteiger partial charge in [0.25, 0.3) is 5.91 Å². The van der Waals surface area contributed by atoms with Crippen LogP contribution in [0.2, 0.25) is 0 Å². The Morgan fingerprint density at radius 3 is 2.56 bits per heavy atom. The summed E-state index contributed by atoms with van der Waals surface area (Å²) in [5.41, 5.74) is 1.95. The Hall–Kier alpha value is -3.39. The molecule has 1 N–H and O–H groups in total. The van der Waals surface area contributed by atoms with Gasteiger partial charge >= 0.3 is 0 Å². The summed E-state index contributed by atoms with van der Waals surface area (Å²) in [6, 6.07) is 15.5. The average molecular weight is 434 g/mol. The molecular formula is C24H27N5O3. The summed E-state index contributed by atoms with van der Waals surface area (Å²) in [4.78, 5) is 15.4. The molecule has 1 fully saturated rings. The molecule has 1 aromatic heterocycles. The normalized spacial score (nSPS) is 19.8. The molecule has 3 aromatic rings. The molecule has 166 valence electrons. The second-order valence-corrected chi connectivity index (χ2v) is 8.50. The molecule has 2 atom stereocenters. The first-order valence-electron chi connectivity index (χ1n) is 10.9. The molecule has 0 unspecified atom stereocenters. The molecule has 2 aromatic carbocycles. The van der Waals surface area contributed by atoms with Crippen molar-refractivity contribution in [2.24, 2.45) is 11.8 Å². The predicted octanol–water partition coefficient (Wildman–Crippen LogP) is 2.85. The minimum Gasteiger partial charge on any atom is -0.497 e. The lowest BCUT2D eigenvalue weighted by Crippen LogP contribution is -2.31. The van der Waals surface area contributed by atoms with E-state index in [1.54, 1.807) is 14.2 Å². The Kier molecular flexibility index (Phi) is 5.53. The number of rotatable bonds is 6. The van der Waals surface area contributed by atoms with Crippen LogP contribution in [0.15, 0.2) is 48.5 Å². The quantitative estimate of drug-likeness (QED) is 0.644. The van der Waals surface area contributed by atoms with Gasteiger partial charge in [0.1, 0.15) is 17.3 Å². The molecule has 5 rings (SSSR count). The summed E-state index contributed by atoms with van der Waals surface area (Å²) in [6.45, 7) is 3.70. The highest BCUT2D eigenvalue weighted by molar-refractivity contribution is 6.01. The standard InChI is InChI=1S/C24H27N5O3/c1-31-20-8-6-19(7-9-20)25-24(30)23-27-26-22-11-17-13-28(14-18(17)15-29(22)23)12-16-4-3-5-21(10-16)32-2/h3-10,17-18H,11-15H2,1-2H3,(H,25,30)/t17-,18-/m1/s1. The number of aromatic nitrogens is 3. The van der Waals surface area contributed by atoms with Crippen LogP contribution >= 0.6 is 0 Å². The zero-order valence-corrected chi connectivity index (χ0v) is 18.3. The molecule has 0 radical (unpaired) electrons. The van der Waals surface area contributed by atoms with Crippen molar-refractivity contribution in [2.45, 2.75) is 19.5 Å². The van der Waals surface area contributed by atoms with Gasteiger partial charge in [-0.1, -0.05) is 12.1 Å². The summed E-state index contributed by atoms with van der Waals surface area (Å²) in [5.74, 6) is 3.69. The maximum absolute atomic E-state index is 12.9. The summed E-state index contributed by atoms with van der Waals surface area (Å²) < 4.78 is 12.5. The highest BCUT2D eigenvalue weighted by atomic mass is 16.5. The third-order valence-corrected chi connectivity index (χ3v) is 6.43. The van der Waals surface area contributed by atoms with Crippen molar-refractivity contribution in [3.63, 3.8) is 0 Å². The van der Waals surface area contributed by atoms with Crippen molar-refractivity contribution in [1.29, 1.82) is 0 Å². The lowest BCUT2D eigenvalue weighted by molar-refractivity contribution is 0.100. The molecule has 0 saturated carbocycles. The van der Waals surface area contributed by atoms with Crippen LogP contribution < -0.4 is 14.8 Å². The number of nitrogens with one attached hydrogen (secondary N) is 1. The van der Waals surface area contributed by atoms with E-state index in [1.165, 1.54) is 5.56 Å². The Morgan fingerprint density at radius 1 is 1.00 bits per heavy atom. The topological polar surface area (TPSA) is 81.5 Å². The Bertz CT molecular complexity index is 1110. The number of fused-ring (bicyclic) bond motifs is 2. The van der Waals surface area contributed by atoms with E-state index in [2.05, 4.69) is 32.5 Å². The lowest BCUT2D eigenvalue weighted by atomic mass is 9.89. The first-order valence-corrected chi connectivity index (χ1v) is 10.9. The summed E-state index contributed by atoms with van der Waals surface area (Å²) in [7, 11) is 3.31. The number of methoxy groups -OCH3 is 2. The van der Waals surface area contributed by atoms with Gasteiger partial charge < -0.3 is 19.4 Å². The number of hydrogen-bond donors (Lipinski definition) is 1. The monoisotopic (exact) mass is 433 g/mol. The second-order valence-electron chi connectivity index (χ2n) is 8.50. The number of nitrogens with zero attached hydrogens (tertiary/aromatic N) is 4. The Morgan fingerprint density at radius 2 is 1.78 bits per heavy atom. The van der Waals surface area contributed by atoms with Gasteiger partial charge in [-0.25, -0.2) is 0 Å². The number of carbonyl (C=O) groups is 1. The third-order valence-electron chi connectivity index (χ3n) is 6.43. The maximum Gasteiger partial charge on any atom is 0.293 e. The van der Waals surface area contributed by atoms with E-state index < -0.39 is 0 Å². The highest BCUT2D eigenvalue weighted by Crippen LogP contribution is 2.33. The van der Waals surface area contributed by atoms with Crippen LogP contribution in [0.5, 0.6) is 11.5 Å². The van der Waals surface area contributed by atoms with Crippen molar-refractivity contribution in [2.75, 3.05) is 32.6 Å². The van der Waals surface area contributed by atoms with Gasteiger partial charge in [-0.3, -0.25) is 9.69 Å². The van der Waals surface area contributed by atoms with Gasteiger partial charge in [-0.15, -0.1) is 10.2 Å². The van der Waals surface area contributed by atoms with Crippen molar-refractivity contribution in [3.8, 4) is 11.5 Å². The maximum atomic E-state index is 12.9. The van der Waals surface area contributed by atoms with Crippen molar-refractivity contribution < 1.29 is 14.3 Å². The molecule has 0 spiro atoms. The van der Waals surface area contributed by atoms with Gasteiger partial charge in [0.2, 0.25) is 5.82 Å². The predicted molar refractivity (Wildman–Crippen MR) is 120 cm³/mol. The number of hydrogen-bond acceptors (Lipinski definition) is 6. The SMILES string of the molecule is COc1ccc(NC(=O)c2nnc3n2C[C@H]2CN(Cc4cccc(OC)c4)C[C@H]2C3)cc1. The minimum absolute atomic E-state index is 0.237. The zero-order valence-electron chi connectivity index (χ0n) is 18.3. The fourth-order valence-electron chi connectivity index (χ4n) is 4.81. The molecule has 8 nitrogen and oxygen atoms in total. The summed E-state index contributed by atoms with van der Waals surface area (Å²) in [5, 5.41) is 11.5. The number of carbonyl (C=O) groups excluding carboxylic acids is 1.